The Morgan fingerprint density at radius 2 is 1.25 bits per heavy atom. The van der Waals surface area contributed by atoms with E-state index in [-0.39, 0.29) is 0 Å². The van der Waals surface area contributed by atoms with E-state index in [9.17, 15) is 0 Å². The Bertz CT molecular complexity index is 236. The summed E-state index contributed by atoms with van der Waals surface area (Å²) in [6.45, 7) is 2.11. The third kappa shape index (κ3) is 16.2. The van der Waals surface area contributed by atoms with Gasteiger partial charge >= 0.3 is 103 Å². The minimum atomic E-state index is 1.06. The molecule has 0 aliphatic carbocycles. The molecule has 0 saturated carbocycles. The summed E-state index contributed by atoms with van der Waals surface area (Å²) in [7, 11) is 1.74. The Morgan fingerprint density at radius 1 is 0.800 bits per heavy atom. The van der Waals surface area contributed by atoms with Crippen molar-refractivity contribution in [1.82, 2.24) is 0 Å². The maximum atomic E-state index is 5.12. The zero-order valence-corrected chi connectivity index (χ0v) is 14.9. The van der Waals surface area contributed by atoms with Gasteiger partial charge in [-0.05, 0) is 19.8 Å². The van der Waals surface area contributed by atoms with Gasteiger partial charge in [-0.25, -0.2) is 0 Å². The summed E-state index contributed by atoms with van der Waals surface area (Å²) in [5, 5.41) is 0. The van der Waals surface area contributed by atoms with E-state index in [1.807, 2.05) is 0 Å². The van der Waals surface area contributed by atoms with Gasteiger partial charge in [-0.3, -0.25) is 0 Å². The van der Waals surface area contributed by atoms with Crippen molar-refractivity contribution in [2.75, 3.05) is 7.11 Å². The van der Waals surface area contributed by atoms with Crippen LogP contribution >= 0.6 is 0 Å². The van der Waals surface area contributed by atoms with Gasteiger partial charge in [0.15, 0.2) is 0 Å². The second-order valence-electron chi connectivity index (χ2n) is 5.57. The van der Waals surface area contributed by atoms with Crippen molar-refractivity contribution in [3.05, 3.63) is 12.2 Å². The normalized spacial score (nSPS) is 11.3. The minimum absolute atomic E-state index is 1.06. The number of rotatable bonds is 15. The molecule has 0 aromatic heterocycles. The number of methoxy groups -OCH3 is 1. The molecule has 20 heavy (non-hydrogen) atoms. The third-order valence-electron chi connectivity index (χ3n) is 3.72. The molecule has 0 fully saturated rings. The predicted molar refractivity (Wildman–Crippen MR) is 86.9 cm³/mol. The summed E-state index contributed by atoms with van der Waals surface area (Å²) in [5.74, 6) is 0. The number of unbranched alkanes of at least 4 members (excludes halogenated alkanes) is 11. The Kier molecular flexibility index (Phi) is 17.2. The fourth-order valence-corrected chi connectivity index (χ4v) is 2.62. The van der Waals surface area contributed by atoms with Crippen LogP contribution in [0.5, 0.6) is 0 Å². The predicted octanol–water partition coefficient (Wildman–Crippen LogP) is 5.96. The molecule has 0 spiro atoms. The van der Waals surface area contributed by atoms with E-state index < -0.39 is 0 Å². The molecule has 0 aromatic rings. The van der Waals surface area contributed by atoms with Crippen LogP contribution in [0.2, 0.25) is 0 Å². The Balaban J connectivity index is 3.01. The summed E-state index contributed by atoms with van der Waals surface area (Å²) in [4.78, 5) is 0. The molecule has 0 aromatic carbocycles. The van der Waals surface area contributed by atoms with Crippen molar-refractivity contribution >= 4 is 4.57 Å². The molecule has 0 aliphatic heterocycles. The average Bonchev–Trinajstić information content (AvgIpc) is 2.47. The van der Waals surface area contributed by atoms with Gasteiger partial charge in [0.05, 0.1) is 0 Å². The Labute approximate surface area is 135 Å². The van der Waals surface area contributed by atoms with Crippen LogP contribution in [0.15, 0.2) is 12.2 Å². The van der Waals surface area contributed by atoms with Gasteiger partial charge in [0.1, 0.15) is 0 Å². The fourth-order valence-electron chi connectivity index (χ4n) is 2.39. The monoisotopic (exact) mass is 318 g/mol. The van der Waals surface area contributed by atoms with E-state index >= 15 is 0 Å². The van der Waals surface area contributed by atoms with Gasteiger partial charge in [0.25, 0.3) is 0 Å². The number of ether oxygens (including phenoxy) is 1. The first-order valence-electron chi connectivity index (χ1n) is 8.49. The molecule has 0 radical (unpaired) electrons. The van der Waals surface area contributed by atoms with Gasteiger partial charge in [0.2, 0.25) is 0 Å². The van der Waals surface area contributed by atoms with Crippen molar-refractivity contribution in [3.63, 3.8) is 0 Å². The SMILES string of the molecule is C/C=C/CCCCCCCCCCCCC[C](=[Cr])OC. The molecular weight excluding hydrogens is 284 g/mol. The van der Waals surface area contributed by atoms with E-state index in [0.717, 1.165) is 11.0 Å². The summed E-state index contributed by atoms with van der Waals surface area (Å²) >= 11 is 2.96. The fraction of sp³-hybridized carbons (Fsp3) is 0.833. The quantitative estimate of drug-likeness (QED) is 0.267. The third-order valence-corrected chi connectivity index (χ3v) is 4.29. The molecule has 0 rings (SSSR count). The summed E-state index contributed by atoms with van der Waals surface area (Å²) in [6.07, 6.45) is 22.2. The first-order chi connectivity index (χ1) is 9.81. The van der Waals surface area contributed by atoms with E-state index in [1.54, 1.807) is 7.11 Å². The van der Waals surface area contributed by atoms with Gasteiger partial charge in [-0.2, -0.15) is 0 Å². The first kappa shape index (κ1) is 20.1. The maximum absolute atomic E-state index is 5.12. The van der Waals surface area contributed by atoms with Crippen molar-refractivity contribution < 1.29 is 20.6 Å². The summed E-state index contributed by atoms with van der Waals surface area (Å²) < 4.78 is 6.18. The molecule has 0 saturated heterocycles. The van der Waals surface area contributed by atoms with Gasteiger partial charge in [-0.1, -0.05) is 12.2 Å². The molecule has 0 heterocycles. The molecule has 2 heteroatoms. The van der Waals surface area contributed by atoms with E-state index in [4.69, 9.17) is 4.74 Å². The average molecular weight is 318 g/mol. The Morgan fingerprint density at radius 3 is 1.70 bits per heavy atom. The van der Waals surface area contributed by atoms with Crippen molar-refractivity contribution in [3.8, 4) is 0 Å². The molecule has 0 unspecified atom stereocenters. The first-order valence-corrected chi connectivity index (χ1v) is 9.13. The molecule has 118 valence electrons. The molecule has 0 atom stereocenters. The number of hydrogen-bond donors (Lipinski definition) is 0. The molecular formula is C18H34CrO. The van der Waals surface area contributed by atoms with Crippen LogP contribution in [-0.2, 0) is 20.6 Å². The number of allylic oxidation sites excluding steroid dienone is 2. The van der Waals surface area contributed by atoms with Crippen LogP contribution in [-0.4, -0.2) is 11.7 Å². The molecule has 1 nitrogen and oxygen atoms in total. The zero-order chi connectivity index (χ0) is 14.9. The van der Waals surface area contributed by atoms with Crippen LogP contribution in [0.1, 0.15) is 90.4 Å². The van der Waals surface area contributed by atoms with Crippen molar-refractivity contribution in [1.29, 1.82) is 0 Å². The molecule has 0 N–H and O–H groups in total. The molecule has 0 aliphatic rings. The van der Waals surface area contributed by atoms with Gasteiger partial charge in [0, 0.05) is 0 Å². The van der Waals surface area contributed by atoms with Crippen molar-refractivity contribution in [2.24, 2.45) is 0 Å². The molecule has 0 amide bonds. The van der Waals surface area contributed by atoms with E-state index in [1.165, 1.54) is 77.0 Å². The topological polar surface area (TPSA) is 9.23 Å². The second-order valence-corrected chi connectivity index (χ2v) is 6.28. The summed E-state index contributed by atoms with van der Waals surface area (Å²) in [6, 6.07) is 0. The second kappa shape index (κ2) is 17.2. The van der Waals surface area contributed by atoms with Crippen LogP contribution in [0.3, 0.4) is 0 Å². The van der Waals surface area contributed by atoms with Crippen LogP contribution in [0.25, 0.3) is 0 Å². The van der Waals surface area contributed by atoms with E-state index in [2.05, 4.69) is 34.9 Å². The Hall–Kier alpha value is 0.102. The number of hydrogen-bond acceptors (Lipinski definition) is 1. The standard InChI is InChI=1S/C18H34O.Cr/c1-3-4-5-6-7-8-9-10-11-12-13-14-15-16-17-18-19-2;/h3-4H,5-17H2,1-2H3;/b4-3+;. The van der Waals surface area contributed by atoms with Crippen LogP contribution in [0, 0.1) is 0 Å². The summed E-state index contributed by atoms with van der Waals surface area (Å²) in [5.41, 5.74) is 0. The van der Waals surface area contributed by atoms with Crippen molar-refractivity contribution in [2.45, 2.75) is 90.4 Å². The van der Waals surface area contributed by atoms with Crippen LogP contribution in [0.4, 0.5) is 0 Å². The molecule has 0 bridgehead atoms. The van der Waals surface area contributed by atoms with Gasteiger partial charge < -0.3 is 0 Å². The van der Waals surface area contributed by atoms with Crippen LogP contribution < -0.4 is 0 Å². The zero-order valence-electron chi connectivity index (χ0n) is 13.7. The van der Waals surface area contributed by atoms with E-state index in [0.29, 0.717) is 0 Å². The van der Waals surface area contributed by atoms with Gasteiger partial charge in [-0.15, -0.1) is 0 Å².